The first kappa shape index (κ1) is 6.00. The van der Waals surface area contributed by atoms with Crippen molar-refractivity contribution in [1.82, 2.24) is 0 Å². The molecule has 0 heterocycles. The van der Waals surface area contributed by atoms with Gasteiger partial charge >= 0.3 is 0 Å². The maximum absolute atomic E-state index is 5.22. The van der Waals surface area contributed by atoms with Crippen molar-refractivity contribution in [2.45, 2.75) is 20.3 Å². The lowest BCUT2D eigenvalue weighted by molar-refractivity contribution is 0.686. The van der Waals surface area contributed by atoms with Crippen LogP contribution in [0.15, 0.2) is 0 Å². The number of hydrogen-bond acceptors (Lipinski definition) is 0. The Morgan fingerprint density at radius 2 is 2.33 bits per heavy atom. The molecule has 0 aliphatic rings. The van der Waals surface area contributed by atoms with Crippen LogP contribution >= 0.6 is 0 Å². The minimum Gasteiger partial charge on any atom is -0.0619 e. The molecule has 0 saturated carbocycles. The molecule has 0 spiro atoms. The Morgan fingerprint density at radius 1 is 1.83 bits per heavy atom. The van der Waals surface area contributed by atoms with Crippen LogP contribution in [-0.2, 0) is 0 Å². The Bertz CT molecular complexity index is 19.2. The minimum absolute atomic E-state index is 0.463. The molecule has 0 aromatic heterocycles. The minimum atomic E-state index is 0.463. The number of rotatable bonds is 2. The summed E-state index contributed by atoms with van der Waals surface area (Å²) in [5, 5.41) is 0. The lowest BCUT2D eigenvalue weighted by Crippen LogP contribution is -1.86. The Labute approximate surface area is 40.6 Å². The SMILES string of the molecule is [CH]C[C@H](C)[C]C. The van der Waals surface area contributed by atoms with Crippen LogP contribution in [-0.4, -0.2) is 0 Å². The second-order valence-electron chi connectivity index (χ2n) is 1.43. The summed E-state index contributed by atoms with van der Waals surface area (Å²) in [6.07, 6.45) is 3.71. The van der Waals surface area contributed by atoms with Gasteiger partial charge in [0.05, 0.1) is 0 Å². The fourth-order valence-electron chi connectivity index (χ4n) is 0.118. The van der Waals surface area contributed by atoms with Gasteiger partial charge in [0, 0.05) is 0 Å². The first-order valence-corrected chi connectivity index (χ1v) is 2.18. The van der Waals surface area contributed by atoms with Crippen molar-refractivity contribution >= 4 is 0 Å². The van der Waals surface area contributed by atoms with Gasteiger partial charge in [-0.15, -0.1) is 0 Å². The van der Waals surface area contributed by atoms with Gasteiger partial charge in [0.15, 0.2) is 0 Å². The third-order valence-electron chi connectivity index (χ3n) is 0.846. The molecule has 1 atom stereocenters. The highest BCUT2D eigenvalue weighted by atomic mass is 13.9. The van der Waals surface area contributed by atoms with Crippen LogP contribution in [0.4, 0.5) is 0 Å². The van der Waals surface area contributed by atoms with E-state index in [9.17, 15) is 0 Å². The number of hydrogen-bond donors (Lipinski definition) is 0. The first-order valence-electron chi connectivity index (χ1n) is 2.18. The second kappa shape index (κ2) is 3.20. The summed E-state index contributed by atoms with van der Waals surface area (Å²) in [6, 6.07) is 0. The van der Waals surface area contributed by atoms with Crippen LogP contribution in [0.25, 0.3) is 0 Å². The highest BCUT2D eigenvalue weighted by molar-refractivity contribution is 4.65. The van der Waals surface area contributed by atoms with Gasteiger partial charge in [-0.1, -0.05) is 13.8 Å². The molecule has 6 heavy (non-hydrogen) atoms. The summed E-state index contributed by atoms with van der Waals surface area (Å²) in [5.74, 6) is 0.463. The van der Waals surface area contributed by atoms with Gasteiger partial charge in [-0.2, -0.15) is 0 Å². The Morgan fingerprint density at radius 3 is 2.33 bits per heavy atom. The largest absolute Gasteiger partial charge is 0.0619 e. The molecule has 0 amide bonds. The standard InChI is InChI=1S/C6H10/c1-4-6(3)5-2/h1,6H,4H2,2-3H3/t6-/m0/s1. The molecule has 0 heteroatoms. The van der Waals surface area contributed by atoms with Gasteiger partial charge in [0.2, 0.25) is 0 Å². The van der Waals surface area contributed by atoms with Crippen LogP contribution in [0.5, 0.6) is 0 Å². The van der Waals surface area contributed by atoms with Crippen molar-refractivity contribution in [2.75, 3.05) is 0 Å². The van der Waals surface area contributed by atoms with E-state index < -0.39 is 0 Å². The molecule has 0 saturated heterocycles. The molecule has 4 radical (unpaired) electrons. The van der Waals surface area contributed by atoms with E-state index >= 15 is 0 Å². The lowest BCUT2D eigenvalue weighted by atomic mass is 10.1. The van der Waals surface area contributed by atoms with Crippen molar-refractivity contribution in [3.8, 4) is 0 Å². The third-order valence-corrected chi connectivity index (χ3v) is 0.846. The van der Waals surface area contributed by atoms with Crippen LogP contribution < -0.4 is 0 Å². The summed E-state index contributed by atoms with van der Waals surface area (Å²) >= 11 is 0. The van der Waals surface area contributed by atoms with E-state index in [1.54, 1.807) is 0 Å². The van der Waals surface area contributed by atoms with Crippen molar-refractivity contribution in [2.24, 2.45) is 5.92 Å². The van der Waals surface area contributed by atoms with Crippen molar-refractivity contribution in [3.05, 3.63) is 13.3 Å². The van der Waals surface area contributed by atoms with E-state index in [0.717, 1.165) is 6.42 Å². The zero-order valence-electron chi connectivity index (χ0n) is 4.36. The lowest BCUT2D eigenvalue weighted by Gasteiger charge is -1.97. The smallest absolute Gasteiger partial charge is 0.0176 e. The van der Waals surface area contributed by atoms with E-state index in [2.05, 4.69) is 6.42 Å². The van der Waals surface area contributed by atoms with Gasteiger partial charge in [0.25, 0.3) is 0 Å². The van der Waals surface area contributed by atoms with E-state index in [4.69, 9.17) is 6.92 Å². The molecule has 0 aliphatic heterocycles. The highest BCUT2D eigenvalue weighted by Gasteiger charge is 1.90. The third kappa shape index (κ3) is 2.25. The average molecular weight is 82.1 g/mol. The molecule has 0 nitrogen and oxygen atoms in total. The summed E-state index contributed by atoms with van der Waals surface area (Å²) in [6.45, 7) is 9.16. The van der Waals surface area contributed by atoms with Crippen molar-refractivity contribution in [1.29, 1.82) is 0 Å². The van der Waals surface area contributed by atoms with Gasteiger partial charge in [0.1, 0.15) is 0 Å². The molecule has 0 aliphatic carbocycles. The molecule has 0 rings (SSSR count). The summed E-state index contributed by atoms with van der Waals surface area (Å²) in [7, 11) is 0. The zero-order chi connectivity index (χ0) is 4.99. The molecule has 0 bridgehead atoms. The second-order valence-corrected chi connectivity index (χ2v) is 1.43. The predicted molar refractivity (Wildman–Crippen MR) is 27.0 cm³/mol. The normalized spacial score (nSPS) is 10.0. The molecule has 0 aromatic carbocycles. The average Bonchev–Trinajstić information content (AvgIpc) is 1.65. The van der Waals surface area contributed by atoms with E-state index in [1.807, 2.05) is 13.8 Å². The molecule has 34 valence electrons. The zero-order valence-corrected chi connectivity index (χ0v) is 4.36. The Balaban J connectivity index is 2.75. The van der Waals surface area contributed by atoms with Crippen LogP contribution in [0.1, 0.15) is 20.3 Å². The van der Waals surface area contributed by atoms with Gasteiger partial charge < -0.3 is 0 Å². The van der Waals surface area contributed by atoms with Crippen LogP contribution in [0.3, 0.4) is 0 Å². The molecular weight excluding hydrogens is 72.1 g/mol. The quantitative estimate of drug-likeness (QED) is 0.476. The van der Waals surface area contributed by atoms with E-state index in [1.165, 1.54) is 0 Å². The van der Waals surface area contributed by atoms with Crippen LogP contribution in [0, 0.1) is 19.3 Å². The van der Waals surface area contributed by atoms with Crippen molar-refractivity contribution in [3.63, 3.8) is 0 Å². The molecule has 0 unspecified atom stereocenters. The summed E-state index contributed by atoms with van der Waals surface area (Å²) < 4.78 is 0. The van der Waals surface area contributed by atoms with E-state index in [0.29, 0.717) is 5.92 Å². The predicted octanol–water partition coefficient (Wildman–Crippen LogP) is 1.82. The van der Waals surface area contributed by atoms with E-state index in [-0.39, 0.29) is 0 Å². The molecule has 0 fully saturated rings. The molecule has 0 N–H and O–H groups in total. The summed E-state index contributed by atoms with van der Waals surface area (Å²) in [5.41, 5.74) is 0. The molecule has 0 aromatic rings. The maximum Gasteiger partial charge on any atom is -0.0176 e. The van der Waals surface area contributed by atoms with Gasteiger partial charge in [-0.25, -0.2) is 0 Å². The summed E-state index contributed by atoms with van der Waals surface area (Å²) in [4.78, 5) is 0. The van der Waals surface area contributed by atoms with Gasteiger partial charge in [-0.3, -0.25) is 0 Å². The van der Waals surface area contributed by atoms with Gasteiger partial charge in [-0.05, 0) is 25.7 Å². The molecular formula is C6H10. The Kier molecular flexibility index (Phi) is 3.20. The Hall–Kier alpha value is 0. The topological polar surface area (TPSA) is 0 Å². The van der Waals surface area contributed by atoms with Crippen molar-refractivity contribution < 1.29 is 0 Å². The van der Waals surface area contributed by atoms with Crippen LogP contribution in [0.2, 0.25) is 0 Å². The monoisotopic (exact) mass is 82.1 g/mol. The fourth-order valence-corrected chi connectivity index (χ4v) is 0.118. The fraction of sp³-hybridized carbons (Fsp3) is 0.667. The first-order chi connectivity index (χ1) is 2.81. The maximum atomic E-state index is 5.22. The highest BCUT2D eigenvalue weighted by Crippen LogP contribution is 2.01.